The molecule has 0 aliphatic carbocycles. The van der Waals surface area contributed by atoms with Gasteiger partial charge in [0.25, 0.3) is 0 Å². The SMILES string of the molecule is CCNC(=NCc1ccc(C)cc1OC1CCOC1)NCCc1ccc(OC)cc1. The Balaban J connectivity index is 1.59. The largest absolute Gasteiger partial charge is 0.497 e. The Bertz CT molecular complexity index is 815. The highest BCUT2D eigenvalue weighted by Crippen LogP contribution is 2.24. The molecule has 30 heavy (non-hydrogen) atoms. The van der Waals surface area contributed by atoms with Crippen molar-refractivity contribution in [2.45, 2.75) is 39.3 Å². The summed E-state index contributed by atoms with van der Waals surface area (Å²) in [6.07, 6.45) is 1.98. The highest BCUT2D eigenvalue weighted by Gasteiger charge is 2.18. The smallest absolute Gasteiger partial charge is 0.191 e. The number of ether oxygens (including phenoxy) is 3. The van der Waals surface area contributed by atoms with E-state index in [1.807, 2.05) is 12.1 Å². The molecule has 0 spiro atoms. The van der Waals surface area contributed by atoms with Crippen LogP contribution in [0.4, 0.5) is 0 Å². The Labute approximate surface area is 179 Å². The first kappa shape index (κ1) is 22.0. The van der Waals surface area contributed by atoms with Crippen LogP contribution in [-0.4, -0.2) is 45.5 Å². The maximum atomic E-state index is 6.19. The summed E-state index contributed by atoms with van der Waals surface area (Å²) in [6.45, 7) is 7.75. The minimum Gasteiger partial charge on any atom is -0.497 e. The minimum atomic E-state index is 0.130. The molecule has 1 atom stereocenters. The number of nitrogens with one attached hydrogen (secondary N) is 2. The number of nitrogens with zero attached hydrogens (tertiary/aromatic N) is 1. The molecule has 2 aromatic rings. The Hall–Kier alpha value is -2.73. The highest BCUT2D eigenvalue weighted by molar-refractivity contribution is 5.79. The van der Waals surface area contributed by atoms with E-state index in [9.17, 15) is 0 Å². The summed E-state index contributed by atoms with van der Waals surface area (Å²) in [5.74, 6) is 2.59. The van der Waals surface area contributed by atoms with Crippen LogP contribution in [-0.2, 0) is 17.7 Å². The zero-order valence-corrected chi connectivity index (χ0v) is 18.2. The molecule has 1 aliphatic heterocycles. The summed E-state index contributed by atoms with van der Waals surface area (Å²) in [4.78, 5) is 4.77. The predicted molar refractivity (Wildman–Crippen MR) is 121 cm³/mol. The van der Waals surface area contributed by atoms with Gasteiger partial charge < -0.3 is 24.8 Å². The molecule has 0 bridgehead atoms. The third-order valence-corrected chi connectivity index (χ3v) is 5.02. The van der Waals surface area contributed by atoms with Crippen molar-refractivity contribution in [3.63, 3.8) is 0 Å². The van der Waals surface area contributed by atoms with E-state index >= 15 is 0 Å². The molecule has 162 valence electrons. The fourth-order valence-corrected chi connectivity index (χ4v) is 3.31. The van der Waals surface area contributed by atoms with Gasteiger partial charge in [0, 0.05) is 25.1 Å². The third-order valence-electron chi connectivity index (χ3n) is 5.02. The van der Waals surface area contributed by atoms with Crippen LogP contribution in [0.3, 0.4) is 0 Å². The molecule has 1 fully saturated rings. The Morgan fingerprint density at radius 2 is 2.00 bits per heavy atom. The van der Waals surface area contributed by atoms with E-state index in [-0.39, 0.29) is 6.10 Å². The topological polar surface area (TPSA) is 64.1 Å². The fraction of sp³-hybridized carbons (Fsp3) is 0.458. The quantitative estimate of drug-likeness (QED) is 0.489. The van der Waals surface area contributed by atoms with Crippen molar-refractivity contribution >= 4 is 5.96 Å². The van der Waals surface area contributed by atoms with Gasteiger partial charge in [-0.05, 0) is 49.6 Å². The second-order valence-corrected chi connectivity index (χ2v) is 7.43. The van der Waals surface area contributed by atoms with Crippen LogP contribution in [0, 0.1) is 6.92 Å². The lowest BCUT2D eigenvalue weighted by Gasteiger charge is -2.16. The van der Waals surface area contributed by atoms with E-state index in [4.69, 9.17) is 19.2 Å². The molecule has 1 aliphatic rings. The van der Waals surface area contributed by atoms with Gasteiger partial charge in [0.05, 0.1) is 26.9 Å². The Kier molecular flexibility index (Phi) is 8.39. The molecule has 1 heterocycles. The lowest BCUT2D eigenvalue weighted by Crippen LogP contribution is -2.38. The molecule has 1 saturated heterocycles. The zero-order chi connectivity index (χ0) is 21.2. The standard InChI is InChI=1S/C24H33N3O3/c1-4-25-24(26-13-11-19-6-9-21(28-3)10-7-19)27-16-20-8-5-18(2)15-23(20)30-22-12-14-29-17-22/h5-10,15,22H,4,11-14,16-17H2,1-3H3,(H2,25,26,27). The second kappa shape index (κ2) is 11.5. The maximum Gasteiger partial charge on any atom is 0.191 e. The van der Waals surface area contributed by atoms with E-state index in [0.717, 1.165) is 55.6 Å². The van der Waals surface area contributed by atoms with Crippen molar-refractivity contribution in [3.8, 4) is 11.5 Å². The Morgan fingerprint density at radius 1 is 1.17 bits per heavy atom. The van der Waals surface area contributed by atoms with Gasteiger partial charge in [-0.1, -0.05) is 24.3 Å². The number of hydrogen-bond donors (Lipinski definition) is 2. The minimum absolute atomic E-state index is 0.130. The maximum absolute atomic E-state index is 6.19. The molecule has 0 radical (unpaired) electrons. The average Bonchev–Trinajstić information content (AvgIpc) is 3.26. The van der Waals surface area contributed by atoms with Gasteiger partial charge in [-0.25, -0.2) is 4.99 Å². The molecule has 0 saturated carbocycles. The number of methoxy groups -OCH3 is 1. The molecule has 1 unspecified atom stereocenters. The van der Waals surface area contributed by atoms with Gasteiger partial charge in [-0.15, -0.1) is 0 Å². The van der Waals surface area contributed by atoms with Crippen LogP contribution in [0.5, 0.6) is 11.5 Å². The summed E-state index contributed by atoms with van der Waals surface area (Å²) < 4.78 is 16.9. The molecule has 3 rings (SSSR count). The van der Waals surface area contributed by atoms with E-state index < -0.39 is 0 Å². The van der Waals surface area contributed by atoms with Crippen LogP contribution in [0.2, 0.25) is 0 Å². The normalized spacial score (nSPS) is 16.4. The third kappa shape index (κ3) is 6.66. The first-order chi connectivity index (χ1) is 14.7. The summed E-state index contributed by atoms with van der Waals surface area (Å²) in [5, 5.41) is 6.74. The van der Waals surface area contributed by atoms with Crippen molar-refractivity contribution in [1.82, 2.24) is 10.6 Å². The fourth-order valence-electron chi connectivity index (χ4n) is 3.31. The Morgan fingerprint density at radius 3 is 2.70 bits per heavy atom. The van der Waals surface area contributed by atoms with Crippen LogP contribution in [0.1, 0.15) is 30.0 Å². The van der Waals surface area contributed by atoms with Gasteiger partial charge in [-0.3, -0.25) is 0 Å². The van der Waals surface area contributed by atoms with Gasteiger partial charge in [0.15, 0.2) is 5.96 Å². The van der Waals surface area contributed by atoms with Gasteiger partial charge in [0.2, 0.25) is 0 Å². The number of rotatable bonds is 9. The molecule has 6 heteroatoms. The van der Waals surface area contributed by atoms with Crippen molar-refractivity contribution < 1.29 is 14.2 Å². The van der Waals surface area contributed by atoms with E-state index in [0.29, 0.717) is 13.2 Å². The molecule has 2 N–H and O–H groups in total. The number of benzene rings is 2. The van der Waals surface area contributed by atoms with E-state index in [1.165, 1.54) is 11.1 Å². The number of hydrogen-bond acceptors (Lipinski definition) is 4. The number of aliphatic imine (C=N–C) groups is 1. The average molecular weight is 412 g/mol. The van der Waals surface area contributed by atoms with Gasteiger partial charge >= 0.3 is 0 Å². The first-order valence-corrected chi connectivity index (χ1v) is 10.7. The monoisotopic (exact) mass is 411 g/mol. The van der Waals surface area contributed by atoms with Crippen molar-refractivity contribution in [1.29, 1.82) is 0 Å². The molecular weight excluding hydrogens is 378 g/mol. The molecule has 2 aromatic carbocycles. The second-order valence-electron chi connectivity index (χ2n) is 7.43. The van der Waals surface area contributed by atoms with E-state index in [2.05, 4.69) is 54.8 Å². The van der Waals surface area contributed by atoms with Crippen LogP contribution >= 0.6 is 0 Å². The van der Waals surface area contributed by atoms with Gasteiger partial charge in [0.1, 0.15) is 17.6 Å². The lowest BCUT2D eigenvalue weighted by molar-refractivity contribution is 0.140. The summed E-state index contributed by atoms with van der Waals surface area (Å²) >= 11 is 0. The summed E-state index contributed by atoms with van der Waals surface area (Å²) in [7, 11) is 1.68. The van der Waals surface area contributed by atoms with E-state index in [1.54, 1.807) is 7.11 Å². The van der Waals surface area contributed by atoms with Crippen LogP contribution in [0.25, 0.3) is 0 Å². The molecule has 6 nitrogen and oxygen atoms in total. The van der Waals surface area contributed by atoms with Crippen LogP contribution in [0.15, 0.2) is 47.5 Å². The highest BCUT2D eigenvalue weighted by atomic mass is 16.5. The van der Waals surface area contributed by atoms with Crippen LogP contribution < -0.4 is 20.1 Å². The molecule has 0 amide bonds. The number of aryl methyl sites for hydroxylation is 1. The van der Waals surface area contributed by atoms with Crippen molar-refractivity contribution in [3.05, 3.63) is 59.2 Å². The summed E-state index contributed by atoms with van der Waals surface area (Å²) in [6, 6.07) is 14.5. The summed E-state index contributed by atoms with van der Waals surface area (Å²) in [5.41, 5.74) is 3.52. The molecule has 0 aromatic heterocycles. The van der Waals surface area contributed by atoms with Crippen molar-refractivity contribution in [2.75, 3.05) is 33.4 Å². The first-order valence-electron chi connectivity index (χ1n) is 10.7. The van der Waals surface area contributed by atoms with Crippen molar-refractivity contribution in [2.24, 2.45) is 4.99 Å². The zero-order valence-electron chi connectivity index (χ0n) is 18.2. The predicted octanol–water partition coefficient (Wildman–Crippen LogP) is 3.47. The number of guanidine groups is 1. The molecular formula is C24H33N3O3. The van der Waals surface area contributed by atoms with Gasteiger partial charge in [-0.2, -0.15) is 0 Å². The lowest BCUT2D eigenvalue weighted by atomic mass is 10.1.